The van der Waals surface area contributed by atoms with Crippen LogP contribution in [0.1, 0.15) is 33.1 Å². The molecule has 17 heavy (non-hydrogen) atoms. The number of carbonyl (C=O) groups is 2. The van der Waals surface area contributed by atoms with E-state index in [1.165, 1.54) is 0 Å². The van der Waals surface area contributed by atoms with Crippen molar-refractivity contribution in [1.82, 2.24) is 5.32 Å². The molecule has 0 spiro atoms. The van der Waals surface area contributed by atoms with Crippen LogP contribution < -0.4 is 5.32 Å². The lowest BCUT2D eigenvalue weighted by Crippen LogP contribution is -2.45. The van der Waals surface area contributed by atoms with E-state index in [0.29, 0.717) is 12.8 Å². The molecule has 0 aromatic rings. The van der Waals surface area contributed by atoms with Gasteiger partial charge in [0.25, 0.3) is 0 Å². The molecule has 0 saturated heterocycles. The zero-order valence-electron chi connectivity index (χ0n) is 10.3. The molecule has 1 fully saturated rings. The summed E-state index contributed by atoms with van der Waals surface area (Å²) < 4.78 is 0. The first kappa shape index (κ1) is 14.0. The topological polar surface area (TPSA) is 86.6 Å². The predicted molar refractivity (Wildman–Crippen MR) is 62.3 cm³/mol. The van der Waals surface area contributed by atoms with Crippen molar-refractivity contribution >= 4 is 11.9 Å². The highest BCUT2D eigenvalue weighted by atomic mass is 16.4. The van der Waals surface area contributed by atoms with Crippen LogP contribution in [0.25, 0.3) is 0 Å². The lowest BCUT2D eigenvalue weighted by atomic mass is 9.94. The SMILES string of the molecule is CC(C)C(CO)NC(=O)C1CCCC1C(=O)O. The Balaban J connectivity index is 2.60. The van der Waals surface area contributed by atoms with Crippen LogP contribution in [0.3, 0.4) is 0 Å². The number of rotatable bonds is 5. The molecular weight excluding hydrogens is 222 g/mol. The first-order chi connectivity index (χ1) is 7.97. The number of amides is 1. The number of nitrogens with one attached hydrogen (secondary N) is 1. The molecule has 3 N–H and O–H groups in total. The minimum atomic E-state index is -0.896. The molecule has 1 aliphatic carbocycles. The first-order valence-corrected chi connectivity index (χ1v) is 6.11. The van der Waals surface area contributed by atoms with Crippen molar-refractivity contribution in [2.24, 2.45) is 17.8 Å². The second-order valence-corrected chi connectivity index (χ2v) is 5.02. The Morgan fingerprint density at radius 2 is 1.88 bits per heavy atom. The third-order valence-corrected chi connectivity index (χ3v) is 3.50. The van der Waals surface area contributed by atoms with Crippen LogP contribution in [0, 0.1) is 17.8 Å². The first-order valence-electron chi connectivity index (χ1n) is 6.11. The maximum absolute atomic E-state index is 11.9. The van der Waals surface area contributed by atoms with Gasteiger partial charge in [-0.1, -0.05) is 20.3 Å². The van der Waals surface area contributed by atoms with Crippen molar-refractivity contribution in [3.8, 4) is 0 Å². The molecule has 3 unspecified atom stereocenters. The van der Waals surface area contributed by atoms with Crippen LogP contribution in [-0.2, 0) is 9.59 Å². The van der Waals surface area contributed by atoms with Crippen LogP contribution >= 0.6 is 0 Å². The van der Waals surface area contributed by atoms with Crippen molar-refractivity contribution in [2.45, 2.75) is 39.2 Å². The number of carboxylic acid groups (broad SMARTS) is 1. The molecule has 3 atom stereocenters. The van der Waals surface area contributed by atoms with Crippen molar-refractivity contribution < 1.29 is 19.8 Å². The number of carboxylic acids is 1. The van der Waals surface area contributed by atoms with E-state index in [1.807, 2.05) is 13.8 Å². The van der Waals surface area contributed by atoms with Crippen molar-refractivity contribution in [1.29, 1.82) is 0 Å². The fraction of sp³-hybridized carbons (Fsp3) is 0.833. The molecule has 0 heterocycles. The Morgan fingerprint density at radius 1 is 1.29 bits per heavy atom. The maximum atomic E-state index is 11.9. The molecule has 98 valence electrons. The average Bonchev–Trinajstić information content (AvgIpc) is 2.73. The summed E-state index contributed by atoms with van der Waals surface area (Å²) in [4.78, 5) is 22.9. The third kappa shape index (κ3) is 3.43. The van der Waals surface area contributed by atoms with E-state index in [9.17, 15) is 9.59 Å². The summed E-state index contributed by atoms with van der Waals surface area (Å²) in [7, 11) is 0. The highest BCUT2D eigenvalue weighted by Gasteiger charge is 2.38. The molecule has 1 saturated carbocycles. The van der Waals surface area contributed by atoms with Gasteiger partial charge in [0.15, 0.2) is 0 Å². The van der Waals surface area contributed by atoms with Gasteiger partial charge in [0.05, 0.1) is 24.5 Å². The van der Waals surface area contributed by atoms with Gasteiger partial charge in [-0.15, -0.1) is 0 Å². The summed E-state index contributed by atoms with van der Waals surface area (Å²) in [5.41, 5.74) is 0. The van der Waals surface area contributed by atoms with Crippen LogP contribution in [0.2, 0.25) is 0 Å². The molecule has 0 radical (unpaired) electrons. The molecule has 5 nitrogen and oxygen atoms in total. The zero-order chi connectivity index (χ0) is 13.0. The number of hydrogen-bond donors (Lipinski definition) is 3. The Bertz CT molecular complexity index is 290. The maximum Gasteiger partial charge on any atom is 0.307 e. The van der Waals surface area contributed by atoms with Gasteiger partial charge in [-0.25, -0.2) is 0 Å². The van der Waals surface area contributed by atoms with Gasteiger partial charge in [0, 0.05) is 0 Å². The van der Waals surface area contributed by atoms with E-state index in [1.54, 1.807) is 0 Å². The second-order valence-electron chi connectivity index (χ2n) is 5.02. The van der Waals surface area contributed by atoms with E-state index >= 15 is 0 Å². The minimum Gasteiger partial charge on any atom is -0.481 e. The van der Waals surface area contributed by atoms with Crippen LogP contribution in [-0.4, -0.2) is 34.7 Å². The van der Waals surface area contributed by atoms with Gasteiger partial charge < -0.3 is 15.5 Å². The van der Waals surface area contributed by atoms with E-state index in [4.69, 9.17) is 10.2 Å². The molecule has 0 aromatic carbocycles. The van der Waals surface area contributed by atoms with E-state index in [-0.39, 0.29) is 24.5 Å². The minimum absolute atomic E-state index is 0.117. The third-order valence-electron chi connectivity index (χ3n) is 3.50. The Hall–Kier alpha value is -1.10. The van der Waals surface area contributed by atoms with Gasteiger partial charge in [0.1, 0.15) is 0 Å². The number of hydrogen-bond acceptors (Lipinski definition) is 3. The number of aliphatic carboxylic acids is 1. The van der Waals surface area contributed by atoms with Gasteiger partial charge >= 0.3 is 5.97 Å². The Kier molecular flexibility index (Phi) is 4.93. The van der Waals surface area contributed by atoms with Gasteiger partial charge in [-0.2, -0.15) is 0 Å². The highest BCUT2D eigenvalue weighted by molar-refractivity contribution is 5.85. The van der Waals surface area contributed by atoms with Gasteiger partial charge in [-0.05, 0) is 18.8 Å². The fourth-order valence-corrected chi connectivity index (χ4v) is 2.28. The molecule has 5 heteroatoms. The van der Waals surface area contributed by atoms with Gasteiger partial charge in [0.2, 0.25) is 5.91 Å². The number of carbonyl (C=O) groups excluding carboxylic acids is 1. The summed E-state index contributed by atoms with van der Waals surface area (Å²) in [5.74, 6) is -2.01. The highest BCUT2D eigenvalue weighted by Crippen LogP contribution is 2.32. The second kappa shape index (κ2) is 6.00. The zero-order valence-corrected chi connectivity index (χ0v) is 10.3. The summed E-state index contributed by atoms with van der Waals surface area (Å²) in [6.45, 7) is 3.70. The summed E-state index contributed by atoms with van der Waals surface area (Å²) in [5, 5.41) is 20.9. The standard InChI is InChI=1S/C12H21NO4/c1-7(2)10(6-14)13-11(15)8-4-3-5-9(8)12(16)17/h7-10,14H,3-6H2,1-2H3,(H,13,15)(H,16,17). The largest absolute Gasteiger partial charge is 0.481 e. The van der Waals surface area contributed by atoms with Crippen molar-refractivity contribution in [3.63, 3.8) is 0 Å². The lowest BCUT2D eigenvalue weighted by molar-refractivity contribution is -0.146. The molecule has 1 rings (SSSR count). The summed E-state index contributed by atoms with van der Waals surface area (Å²) in [6, 6.07) is -0.294. The van der Waals surface area contributed by atoms with E-state index in [2.05, 4.69) is 5.32 Å². The van der Waals surface area contributed by atoms with Crippen molar-refractivity contribution in [3.05, 3.63) is 0 Å². The molecule has 1 amide bonds. The van der Waals surface area contributed by atoms with Crippen LogP contribution in [0.4, 0.5) is 0 Å². The summed E-state index contributed by atoms with van der Waals surface area (Å²) in [6.07, 6.45) is 1.97. The molecule has 0 bridgehead atoms. The smallest absolute Gasteiger partial charge is 0.307 e. The summed E-state index contributed by atoms with van der Waals surface area (Å²) >= 11 is 0. The number of aliphatic hydroxyl groups is 1. The van der Waals surface area contributed by atoms with Crippen LogP contribution in [0.5, 0.6) is 0 Å². The lowest BCUT2D eigenvalue weighted by Gasteiger charge is -2.23. The molecule has 0 aliphatic heterocycles. The van der Waals surface area contributed by atoms with E-state index < -0.39 is 17.8 Å². The van der Waals surface area contributed by atoms with E-state index in [0.717, 1.165) is 6.42 Å². The van der Waals surface area contributed by atoms with Gasteiger partial charge in [-0.3, -0.25) is 9.59 Å². The monoisotopic (exact) mass is 243 g/mol. The predicted octanol–water partition coefficient (Wildman–Crippen LogP) is 0.620. The van der Waals surface area contributed by atoms with Crippen LogP contribution in [0.15, 0.2) is 0 Å². The normalized spacial score (nSPS) is 25.9. The average molecular weight is 243 g/mol. The Labute approximate surface area is 101 Å². The Morgan fingerprint density at radius 3 is 2.35 bits per heavy atom. The molecular formula is C12H21NO4. The molecule has 1 aliphatic rings. The molecule has 0 aromatic heterocycles. The van der Waals surface area contributed by atoms with Crippen molar-refractivity contribution in [2.75, 3.05) is 6.61 Å². The number of aliphatic hydroxyl groups excluding tert-OH is 1. The quantitative estimate of drug-likeness (QED) is 0.660. The fourth-order valence-electron chi connectivity index (χ4n) is 2.28.